The first kappa shape index (κ1) is 18.6. The average Bonchev–Trinajstić information content (AvgIpc) is 3.27. The third-order valence-electron chi connectivity index (χ3n) is 4.82. The Bertz CT molecular complexity index is 894. The van der Waals surface area contributed by atoms with Gasteiger partial charge in [0.15, 0.2) is 5.16 Å². The van der Waals surface area contributed by atoms with Crippen molar-refractivity contribution < 1.29 is 4.79 Å². The first-order chi connectivity index (χ1) is 13.8. The number of nitrogens with zero attached hydrogens (tertiary/aromatic N) is 5. The molecular weight excluding hydrogens is 372 g/mol. The van der Waals surface area contributed by atoms with Crippen LogP contribution in [0.1, 0.15) is 21.5 Å². The van der Waals surface area contributed by atoms with Crippen LogP contribution in [-0.2, 0) is 12.3 Å². The van der Waals surface area contributed by atoms with Gasteiger partial charge < -0.3 is 4.90 Å². The highest BCUT2D eigenvalue weighted by Crippen LogP contribution is 2.22. The fraction of sp³-hybridized carbons (Fsp3) is 0.300. The van der Waals surface area contributed by atoms with Crippen LogP contribution in [0.25, 0.3) is 0 Å². The molecule has 2 aromatic heterocycles. The van der Waals surface area contributed by atoms with Gasteiger partial charge in [0, 0.05) is 56.4 Å². The Morgan fingerprint density at radius 3 is 2.61 bits per heavy atom. The normalized spacial score (nSPS) is 14.9. The number of H-pyrrole nitrogens is 1. The highest BCUT2D eigenvalue weighted by molar-refractivity contribution is 7.98. The second-order valence-electron chi connectivity index (χ2n) is 6.66. The predicted octanol–water partition coefficient (Wildman–Crippen LogP) is 2.45. The number of thioether (sulfide) groups is 1. The van der Waals surface area contributed by atoms with Crippen LogP contribution in [0.5, 0.6) is 0 Å². The zero-order valence-corrected chi connectivity index (χ0v) is 16.3. The molecule has 0 atom stereocenters. The van der Waals surface area contributed by atoms with Gasteiger partial charge in [-0.2, -0.15) is 5.10 Å². The maximum atomic E-state index is 13.1. The highest BCUT2D eigenvalue weighted by Gasteiger charge is 2.23. The van der Waals surface area contributed by atoms with Gasteiger partial charge in [0.05, 0.1) is 0 Å². The minimum atomic E-state index is 0.109. The van der Waals surface area contributed by atoms with Crippen molar-refractivity contribution >= 4 is 17.7 Å². The molecule has 4 rings (SSSR count). The number of nitrogens with one attached hydrogen (secondary N) is 1. The van der Waals surface area contributed by atoms with E-state index in [1.165, 1.54) is 11.9 Å². The number of hydrogen-bond donors (Lipinski definition) is 1. The van der Waals surface area contributed by atoms with Crippen LogP contribution in [0.3, 0.4) is 0 Å². The number of benzene rings is 1. The van der Waals surface area contributed by atoms with Crippen LogP contribution in [0.4, 0.5) is 0 Å². The number of aromatic amines is 1. The molecule has 3 aromatic rings. The SMILES string of the molecule is O=C(c1ccccc1CSc1ncn[nH]1)N1CCN(Cc2ccncc2)CC1. The van der Waals surface area contributed by atoms with Gasteiger partial charge in [0.25, 0.3) is 5.91 Å². The lowest BCUT2D eigenvalue weighted by Crippen LogP contribution is -2.48. The van der Waals surface area contributed by atoms with Crippen LogP contribution in [0, 0.1) is 0 Å². The van der Waals surface area contributed by atoms with Gasteiger partial charge in [0.2, 0.25) is 0 Å². The number of carbonyl (C=O) groups is 1. The number of pyridine rings is 1. The van der Waals surface area contributed by atoms with E-state index in [-0.39, 0.29) is 5.91 Å². The minimum Gasteiger partial charge on any atom is -0.336 e. The summed E-state index contributed by atoms with van der Waals surface area (Å²) in [5.41, 5.74) is 3.05. The molecule has 1 fully saturated rings. The Morgan fingerprint density at radius 1 is 1.07 bits per heavy atom. The van der Waals surface area contributed by atoms with Crippen LogP contribution < -0.4 is 0 Å². The van der Waals surface area contributed by atoms with Gasteiger partial charge in [-0.3, -0.25) is 19.8 Å². The Kier molecular flexibility index (Phi) is 5.98. The monoisotopic (exact) mass is 394 g/mol. The van der Waals surface area contributed by atoms with E-state index in [1.54, 1.807) is 11.8 Å². The summed E-state index contributed by atoms with van der Waals surface area (Å²) in [6.07, 6.45) is 5.14. The molecule has 1 aliphatic rings. The highest BCUT2D eigenvalue weighted by atomic mass is 32.2. The van der Waals surface area contributed by atoms with E-state index in [9.17, 15) is 4.79 Å². The summed E-state index contributed by atoms with van der Waals surface area (Å²) in [5.74, 6) is 0.788. The molecule has 1 amide bonds. The number of carbonyl (C=O) groups excluding carboxylic acids is 1. The molecule has 144 valence electrons. The molecule has 1 aromatic carbocycles. The largest absolute Gasteiger partial charge is 0.336 e. The van der Waals surface area contributed by atoms with E-state index < -0.39 is 0 Å². The van der Waals surface area contributed by atoms with Crippen molar-refractivity contribution in [1.29, 1.82) is 0 Å². The topological polar surface area (TPSA) is 78.0 Å². The smallest absolute Gasteiger partial charge is 0.254 e. The molecule has 1 saturated heterocycles. The second kappa shape index (κ2) is 8.99. The molecule has 3 heterocycles. The van der Waals surface area contributed by atoms with Gasteiger partial charge in [0.1, 0.15) is 6.33 Å². The molecule has 0 radical (unpaired) electrons. The van der Waals surface area contributed by atoms with Gasteiger partial charge >= 0.3 is 0 Å². The molecule has 0 saturated carbocycles. The quantitative estimate of drug-likeness (QED) is 0.647. The van der Waals surface area contributed by atoms with Crippen LogP contribution in [0.15, 0.2) is 60.3 Å². The maximum absolute atomic E-state index is 13.1. The second-order valence-corrected chi connectivity index (χ2v) is 7.62. The van der Waals surface area contributed by atoms with Gasteiger partial charge in [-0.25, -0.2) is 4.98 Å². The third-order valence-corrected chi connectivity index (χ3v) is 5.75. The Balaban J connectivity index is 1.36. The van der Waals surface area contributed by atoms with E-state index in [0.29, 0.717) is 5.75 Å². The van der Waals surface area contributed by atoms with E-state index >= 15 is 0 Å². The maximum Gasteiger partial charge on any atom is 0.254 e. The standard InChI is InChI=1S/C20H22N6OS/c27-19(18-4-2-1-3-17(18)14-28-20-22-15-23-24-20)26-11-9-25(10-12-26)13-16-5-7-21-8-6-16/h1-8,15H,9-14H2,(H,22,23,24). The van der Waals surface area contributed by atoms with Crippen LogP contribution in [-0.4, -0.2) is 62.1 Å². The van der Waals surface area contributed by atoms with Gasteiger partial charge in [-0.15, -0.1) is 0 Å². The van der Waals surface area contributed by atoms with E-state index in [4.69, 9.17) is 0 Å². The van der Waals surface area contributed by atoms with Crippen molar-refractivity contribution in [2.45, 2.75) is 17.5 Å². The zero-order valence-electron chi connectivity index (χ0n) is 15.5. The average molecular weight is 395 g/mol. The van der Waals surface area contributed by atoms with E-state index in [0.717, 1.165) is 49.0 Å². The molecule has 0 aliphatic carbocycles. The van der Waals surface area contributed by atoms with Crippen LogP contribution >= 0.6 is 11.8 Å². The molecule has 1 aliphatic heterocycles. The van der Waals surface area contributed by atoms with Crippen LogP contribution in [0.2, 0.25) is 0 Å². The Hall–Kier alpha value is -2.71. The summed E-state index contributed by atoms with van der Waals surface area (Å²) in [6.45, 7) is 4.14. The van der Waals surface area contributed by atoms with E-state index in [2.05, 4.69) is 25.1 Å². The molecule has 7 nitrogen and oxygen atoms in total. The molecule has 0 unspecified atom stereocenters. The number of aromatic nitrogens is 4. The van der Waals surface area contributed by atoms with Crippen molar-refractivity contribution in [3.05, 3.63) is 71.8 Å². The van der Waals surface area contributed by atoms with Crippen molar-refractivity contribution in [3.8, 4) is 0 Å². The fourth-order valence-corrected chi connectivity index (χ4v) is 4.07. The van der Waals surface area contributed by atoms with Crippen molar-refractivity contribution in [3.63, 3.8) is 0 Å². The lowest BCUT2D eigenvalue weighted by Gasteiger charge is -2.35. The lowest BCUT2D eigenvalue weighted by atomic mass is 10.1. The number of piperazine rings is 1. The van der Waals surface area contributed by atoms with Gasteiger partial charge in [-0.05, 0) is 29.3 Å². The summed E-state index contributed by atoms with van der Waals surface area (Å²) >= 11 is 1.55. The number of hydrogen-bond acceptors (Lipinski definition) is 6. The summed E-state index contributed by atoms with van der Waals surface area (Å²) < 4.78 is 0. The number of amides is 1. The predicted molar refractivity (Wildman–Crippen MR) is 108 cm³/mol. The van der Waals surface area contributed by atoms with Crippen molar-refractivity contribution in [1.82, 2.24) is 30.0 Å². The van der Waals surface area contributed by atoms with E-state index in [1.807, 2.05) is 53.7 Å². The summed E-state index contributed by atoms with van der Waals surface area (Å²) in [7, 11) is 0. The molecule has 8 heteroatoms. The molecule has 28 heavy (non-hydrogen) atoms. The Labute approximate surface area is 168 Å². The molecule has 0 spiro atoms. The Morgan fingerprint density at radius 2 is 1.86 bits per heavy atom. The third kappa shape index (κ3) is 4.58. The summed E-state index contributed by atoms with van der Waals surface area (Å²) in [5, 5.41) is 7.46. The van der Waals surface area contributed by atoms with Crippen molar-refractivity contribution in [2.24, 2.45) is 0 Å². The summed E-state index contributed by atoms with van der Waals surface area (Å²) in [4.78, 5) is 25.6. The fourth-order valence-electron chi connectivity index (χ4n) is 3.29. The minimum absolute atomic E-state index is 0.109. The summed E-state index contributed by atoms with van der Waals surface area (Å²) in [6, 6.07) is 11.9. The first-order valence-corrected chi connectivity index (χ1v) is 10.2. The van der Waals surface area contributed by atoms with Gasteiger partial charge in [-0.1, -0.05) is 30.0 Å². The number of rotatable bonds is 6. The molecule has 1 N–H and O–H groups in total. The molecular formula is C20H22N6OS. The first-order valence-electron chi connectivity index (χ1n) is 9.26. The molecule has 0 bridgehead atoms. The lowest BCUT2D eigenvalue weighted by molar-refractivity contribution is 0.0627. The van der Waals surface area contributed by atoms with Crippen molar-refractivity contribution in [2.75, 3.05) is 26.2 Å². The zero-order chi connectivity index (χ0) is 19.2.